The summed E-state index contributed by atoms with van der Waals surface area (Å²) < 4.78 is 1.01. The fourth-order valence-corrected chi connectivity index (χ4v) is 6.93. The van der Waals surface area contributed by atoms with Crippen LogP contribution in [0.4, 0.5) is 4.79 Å². The van der Waals surface area contributed by atoms with Crippen molar-refractivity contribution in [1.82, 2.24) is 30.1 Å². The van der Waals surface area contributed by atoms with Crippen LogP contribution in [0, 0.1) is 0 Å². The van der Waals surface area contributed by atoms with Crippen LogP contribution in [0.5, 0.6) is 5.75 Å². The molecule has 10 nitrogen and oxygen atoms in total. The van der Waals surface area contributed by atoms with Crippen molar-refractivity contribution < 1.29 is 19.5 Å². The molecule has 13 heteroatoms. The predicted octanol–water partition coefficient (Wildman–Crippen LogP) is 5.05. The van der Waals surface area contributed by atoms with E-state index in [9.17, 15) is 19.5 Å². The molecule has 0 saturated carbocycles. The number of halogens is 2. The van der Waals surface area contributed by atoms with Gasteiger partial charge in [0.1, 0.15) is 18.0 Å². The molecule has 3 aromatic carbocycles. The molecule has 0 aliphatic carbocycles. The Balaban J connectivity index is 1.35. The van der Waals surface area contributed by atoms with Gasteiger partial charge in [0.05, 0.1) is 38.9 Å². The van der Waals surface area contributed by atoms with Crippen LogP contribution < -0.4 is 5.32 Å². The van der Waals surface area contributed by atoms with Crippen LogP contribution in [-0.4, -0.2) is 79.6 Å². The third-order valence-electron chi connectivity index (χ3n) is 7.98. The topological polar surface area (TPSA) is 109 Å². The number of nitrogens with zero attached hydrogens (tertiary/aromatic N) is 5. The van der Waals surface area contributed by atoms with Crippen molar-refractivity contribution in [2.45, 2.75) is 31.7 Å². The number of carbonyl (C=O) groups excluding carboxylic acids is 3. The fourth-order valence-electron chi connectivity index (χ4n) is 5.89. The fraction of sp³-hybridized carbons (Fsp3) is 0.250. The standard InChI is InChI=1S/C32H30Cl2N6O4S/c1-2-12-38-18-29(42)39-26(14-20-6-9-23(41)10-7-20)31(43)37(16-22-4-3-5-27-30(22)36-19-45-27)17-28(39)40(38)32(44)35-15-21-8-11-24(33)25(34)13-21/h2-11,13,19,26,28,41H,1,12,14-18H2,(H,35,44)/t26-,28-/m0/s1. The van der Waals surface area contributed by atoms with E-state index in [-0.39, 0.29) is 56.7 Å². The lowest BCUT2D eigenvalue weighted by Crippen LogP contribution is -2.76. The number of hydrazine groups is 1. The molecule has 2 saturated heterocycles. The number of aromatic nitrogens is 1. The molecule has 2 N–H and O–H groups in total. The van der Waals surface area contributed by atoms with Crippen molar-refractivity contribution in [1.29, 1.82) is 0 Å². The SMILES string of the molecule is C=CCN1CC(=O)N2[C@@H](Cc3ccc(O)cc3)C(=O)N(Cc3cccc4scnc34)C[C@@H]2N1C(=O)NCc1ccc(Cl)c(Cl)c1. The van der Waals surface area contributed by atoms with Crippen LogP contribution in [0.3, 0.4) is 0 Å². The summed E-state index contributed by atoms with van der Waals surface area (Å²) in [6.45, 7) is 4.47. The van der Waals surface area contributed by atoms with Crippen LogP contribution in [0.2, 0.25) is 10.0 Å². The summed E-state index contributed by atoms with van der Waals surface area (Å²) in [6.07, 6.45) is 1.04. The van der Waals surface area contributed by atoms with Gasteiger partial charge in [-0.3, -0.25) is 9.59 Å². The summed E-state index contributed by atoms with van der Waals surface area (Å²) in [6, 6.07) is 16.2. The molecule has 0 spiro atoms. The average Bonchev–Trinajstić information content (AvgIpc) is 3.51. The summed E-state index contributed by atoms with van der Waals surface area (Å²) >= 11 is 13.8. The van der Waals surface area contributed by atoms with Crippen molar-refractivity contribution in [2.75, 3.05) is 19.6 Å². The largest absolute Gasteiger partial charge is 0.508 e. The first-order valence-corrected chi connectivity index (χ1v) is 15.9. The van der Waals surface area contributed by atoms with E-state index < -0.39 is 18.2 Å². The maximum Gasteiger partial charge on any atom is 0.334 e. The Hall–Kier alpha value is -4.16. The van der Waals surface area contributed by atoms with Crippen LogP contribution >= 0.6 is 34.5 Å². The van der Waals surface area contributed by atoms with Gasteiger partial charge in [0.15, 0.2) is 0 Å². The highest BCUT2D eigenvalue weighted by Crippen LogP contribution is 2.31. The summed E-state index contributed by atoms with van der Waals surface area (Å²) in [7, 11) is 0. The molecule has 1 aromatic heterocycles. The summed E-state index contributed by atoms with van der Waals surface area (Å²) in [4.78, 5) is 49.7. The van der Waals surface area contributed by atoms with Gasteiger partial charge in [-0.05, 0) is 47.0 Å². The van der Waals surface area contributed by atoms with Gasteiger partial charge >= 0.3 is 6.03 Å². The molecule has 45 heavy (non-hydrogen) atoms. The lowest BCUT2D eigenvalue weighted by atomic mass is 9.98. The predicted molar refractivity (Wildman–Crippen MR) is 174 cm³/mol. The number of piperazine rings is 1. The van der Waals surface area contributed by atoms with Gasteiger partial charge in [-0.2, -0.15) is 0 Å². The Bertz CT molecular complexity index is 1770. The first-order valence-electron chi connectivity index (χ1n) is 14.3. The average molecular weight is 666 g/mol. The van der Waals surface area contributed by atoms with Crippen molar-refractivity contribution >= 4 is 62.6 Å². The van der Waals surface area contributed by atoms with Crippen LogP contribution in [0.1, 0.15) is 16.7 Å². The van der Waals surface area contributed by atoms with Gasteiger partial charge in [-0.15, -0.1) is 17.9 Å². The highest BCUT2D eigenvalue weighted by Gasteiger charge is 2.51. The number of phenols is 1. The number of urea groups is 1. The molecular weight excluding hydrogens is 635 g/mol. The zero-order chi connectivity index (χ0) is 31.7. The number of aromatic hydroxyl groups is 1. The van der Waals surface area contributed by atoms with E-state index in [0.29, 0.717) is 10.0 Å². The number of fused-ring (bicyclic) bond motifs is 2. The normalized spacial score (nSPS) is 18.8. The molecule has 6 rings (SSSR count). The zero-order valence-electron chi connectivity index (χ0n) is 24.1. The maximum absolute atomic E-state index is 14.2. The van der Waals surface area contributed by atoms with Crippen molar-refractivity contribution in [3.8, 4) is 5.75 Å². The lowest BCUT2D eigenvalue weighted by Gasteiger charge is -2.55. The van der Waals surface area contributed by atoms with Crippen LogP contribution in [0.15, 0.2) is 78.8 Å². The molecule has 2 atom stereocenters. The molecule has 2 fully saturated rings. The highest BCUT2D eigenvalue weighted by atomic mass is 35.5. The first-order chi connectivity index (χ1) is 21.7. The molecule has 0 radical (unpaired) electrons. The number of thiazole rings is 1. The Kier molecular flexibility index (Phi) is 8.95. The molecule has 0 unspecified atom stereocenters. The van der Waals surface area contributed by atoms with E-state index in [1.165, 1.54) is 21.2 Å². The van der Waals surface area contributed by atoms with Crippen LogP contribution in [-0.2, 0) is 29.1 Å². The summed E-state index contributed by atoms with van der Waals surface area (Å²) in [5, 5.41) is 16.7. The van der Waals surface area contributed by atoms with Gasteiger partial charge in [0.2, 0.25) is 11.8 Å². The molecular formula is C32H30Cl2N6O4S. The van der Waals surface area contributed by atoms with Crippen molar-refractivity contribution in [3.05, 3.63) is 106 Å². The van der Waals surface area contributed by atoms with Gasteiger partial charge < -0.3 is 20.2 Å². The zero-order valence-corrected chi connectivity index (χ0v) is 26.4. The Morgan fingerprint density at radius 3 is 2.62 bits per heavy atom. The van der Waals surface area contributed by atoms with E-state index in [1.807, 2.05) is 18.2 Å². The van der Waals surface area contributed by atoms with Gasteiger partial charge in [0.25, 0.3) is 0 Å². The molecule has 3 heterocycles. The van der Waals surface area contributed by atoms with Crippen molar-refractivity contribution in [2.24, 2.45) is 0 Å². The second-order valence-electron chi connectivity index (χ2n) is 10.9. The number of para-hydroxylation sites is 1. The van der Waals surface area contributed by atoms with Gasteiger partial charge in [-0.25, -0.2) is 19.8 Å². The molecule has 4 aromatic rings. The van der Waals surface area contributed by atoms with E-state index in [1.54, 1.807) is 64.0 Å². The molecule has 2 aliphatic rings. The Morgan fingerprint density at radius 1 is 1.09 bits per heavy atom. The van der Waals surface area contributed by atoms with E-state index in [4.69, 9.17) is 23.2 Å². The number of benzene rings is 3. The smallest absolute Gasteiger partial charge is 0.334 e. The molecule has 0 bridgehead atoms. The summed E-state index contributed by atoms with van der Waals surface area (Å²) in [5.74, 6) is -0.398. The number of hydrogen-bond acceptors (Lipinski definition) is 7. The Morgan fingerprint density at radius 2 is 1.87 bits per heavy atom. The lowest BCUT2D eigenvalue weighted by molar-refractivity contribution is -0.189. The maximum atomic E-state index is 14.2. The second kappa shape index (κ2) is 13.1. The van der Waals surface area contributed by atoms with E-state index in [2.05, 4.69) is 16.9 Å². The third kappa shape index (κ3) is 6.34. The third-order valence-corrected chi connectivity index (χ3v) is 9.51. The van der Waals surface area contributed by atoms with Crippen molar-refractivity contribution in [3.63, 3.8) is 0 Å². The van der Waals surface area contributed by atoms with Crippen LogP contribution in [0.25, 0.3) is 10.2 Å². The highest BCUT2D eigenvalue weighted by molar-refractivity contribution is 7.16. The molecule has 4 amide bonds. The number of hydrogen-bond donors (Lipinski definition) is 2. The minimum atomic E-state index is -0.883. The van der Waals surface area contributed by atoms with E-state index in [0.717, 1.165) is 26.9 Å². The second-order valence-corrected chi connectivity index (χ2v) is 12.6. The quantitative estimate of drug-likeness (QED) is 0.255. The first kappa shape index (κ1) is 30.8. The number of nitrogens with one attached hydrogen (secondary N) is 1. The van der Waals surface area contributed by atoms with E-state index >= 15 is 0 Å². The minimum absolute atomic E-state index is 0.0883. The monoisotopic (exact) mass is 664 g/mol. The number of phenolic OH excluding ortho intramolecular Hbond substituents is 1. The van der Waals surface area contributed by atoms with Gasteiger partial charge in [-0.1, -0.05) is 59.6 Å². The minimum Gasteiger partial charge on any atom is -0.508 e. The number of rotatable bonds is 8. The molecule has 2 aliphatic heterocycles. The number of carbonyl (C=O) groups is 3. The summed E-state index contributed by atoms with van der Waals surface area (Å²) in [5.41, 5.74) is 4.98. The number of amides is 4. The Labute approximate surface area is 274 Å². The molecule has 232 valence electrons. The van der Waals surface area contributed by atoms with Gasteiger partial charge in [0, 0.05) is 26.1 Å².